The van der Waals surface area contributed by atoms with Crippen LogP contribution in [0.1, 0.15) is 16.9 Å². The number of nitrogens with one attached hydrogen (secondary N) is 2. The SMILES string of the molecule is COc1ccc(C)cc1C[NH+](C)CC(=O)Nc1cc(C)on1. The number of hydrogen-bond acceptors (Lipinski definition) is 4. The molecule has 118 valence electrons. The number of aryl methyl sites for hydroxylation is 2. The molecule has 0 saturated heterocycles. The predicted molar refractivity (Wildman–Crippen MR) is 83.1 cm³/mol. The number of amides is 1. The summed E-state index contributed by atoms with van der Waals surface area (Å²) in [6, 6.07) is 7.74. The second-order valence-electron chi connectivity index (χ2n) is 5.50. The number of hydrogen-bond donors (Lipinski definition) is 2. The largest absolute Gasteiger partial charge is 0.496 e. The molecule has 0 saturated carbocycles. The third-order valence-corrected chi connectivity index (χ3v) is 3.29. The van der Waals surface area contributed by atoms with Crippen LogP contribution < -0.4 is 15.0 Å². The summed E-state index contributed by atoms with van der Waals surface area (Å²) in [6.07, 6.45) is 0. The van der Waals surface area contributed by atoms with Gasteiger partial charge in [0.1, 0.15) is 18.1 Å². The van der Waals surface area contributed by atoms with Crippen molar-refractivity contribution < 1.29 is 19.0 Å². The molecular formula is C16H22N3O3+. The normalized spacial score (nSPS) is 12.0. The zero-order valence-corrected chi connectivity index (χ0v) is 13.4. The number of aromatic nitrogens is 1. The van der Waals surface area contributed by atoms with Crippen LogP contribution in [0.3, 0.4) is 0 Å². The maximum absolute atomic E-state index is 12.0. The van der Waals surface area contributed by atoms with Gasteiger partial charge in [-0.1, -0.05) is 16.8 Å². The Bertz CT molecular complexity index is 652. The Hall–Kier alpha value is -2.34. The van der Waals surface area contributed by atoms with Crippen LogP contribution in [-0.4, -0.2) is 31.8 Å². The highest BCUT2D eigenvalue weighted by Crippen LogP contribution is 2.18. The summed E-state index contributed by atoms with van der Waals surface area (Å²) in [7, 11) is 3.62. The monoisotopic (exact) mass is 304 g/mol. The number of likely N-dealkylation sites (N-methyl/N-ethyl adjacent to an activating group) is 1. The van der Waals surface area contributed by atoms with E-state index in [-0.39, 0.29) is 5.91 Å². The van der Waals surface area contributed by atoms with Gasteiger partial charge < -0.3 is 19.5 Å². The second kappa shape index (κ2) is 7.09. The average molecular weight is 304 g/mol. The molecule has 6 heteroatoms. The molecular weight excluding hydrogens is 282 g/mol. The van der Waals surface area contributed by atoms with Crippen molar-refractivity contribution in [3.63, 3.8) is 0 Å². The topological polar surface area (TPSA) is 68.8 Å². The third-order valence-electron chi connectivity index (χ3n) is 3.29. The summed E-state index contributed by atoms with van der Waals surface area (Å²) in [5, 5.41) is 6.47. The molecule has 6 nitrogen and oxygen atoms in total. The highest BCUT2D eigenvalue weighted by Gasteiger charge is 2.14. The third kappa shape index (κ3) is 4.33. The van der Waals surface area contributed by atoms with Crippen molar-refractivity contribution in [3.05, 3.63) is 41.2 Å². The van der Waals surface area contributed by atoms with Gasteiger partial charge in [0.2, 0.25) is 0 Å². The molecule has 1 aromatic carbocycles. The maximum atomic E-state index is 12.0. The van der Waals surface area contributed by atoms with Crippen LogP contribution in [-0.2, 0) is 11.3 Å². The van der Waals surface area contributed by atoms with Gasteiger partial charge in [-0.3, -0.25) is 4.79 Å². The lowest BCUT2D eigenvalue weighted by Gasteiger charge is -2.15. The summed E-state index contributed by atoms with van der Waals surface area (Å²) in [6.45, 7) is 4.86. The molecule has 1 amide bonds. The minimum atomic E-state index is -0.0996. The molecule has 0 aliphatic carbocycles. The van der Waals surface area contributed by atoms with Crippen LogP contribution in [0.2, 0.25) is 0 Å². The molecule has 1 atom stereocenters. The van der Waals surface area contributed by atoms with Gasteiger partial charge in [0.25, 0.3) is 5.91 Å². The summed E-state index contributed by atoms with van der Waals surface area (Å²) >= 11 is 0. The number of benzene rings is 1. The Morgan fingerprint density at radius 3 is 2.77 bits per heavy atom. The van der Waals surface area contributed by atoms with Crippen molar-refractivity contribution in [2.45, 2.75) is 20.4 Å². The number of carbonyl (C=O) groups is 1. The van der Waals surface area contributed by atoms with E-state index in [2.05, 4.69) is 16.5 Å². The Kier molecular flexibility index (Phi) is 5.16. The number of carbonyl (C=O) groups excluding carboxylic acids is 1. The van der Waals surface area contributed by atoms with Crippen LogP contribution in [0, 0.1) is 13.8 Å². The van der Waals surface area contributed by atoms with Crippen molar-refractivity contribution >= 4 is 11.7 Å². The summed E-state index contributed by atoms with van der Waals surface area (Å²) in [4.78, 5) is 13.1. The van der Waals surface area contributed by atoms with E-state index in [0.29, 0.717) is 24.7 Å². The first kappa shape index (κ1) is 16.0. The highest BCUT2D eigenvalue weighted by atomic mass is 16.5. The van der Waals surface area contributed by atoms with Crippen LogP contribution in [0.5, 0.6) is 5.75 Å². The maximum Gasteiger partial charge on any atom is 0.280 e. The molecule has 2 aromatic rings. The van der Waals surface area contributed by atoms with Crippen LogP contribution in [0.15, 0.2) is 28.8 Å². The molecule has 1 unspecified atom stereocenters. The lowest BCUT2D eigenvalue weighted by Crippen LogP contribution is -3.08. The van der Waals surface area contributed by atoms with Gasteiger partial charge in [-0.05, 0) is 26.0 Å². The predicted octanol–water partition coefficient (Wildman–Crippen LogP) is 0.953. The molecule has 0 radical (unpaired) electrons. The van der Waals surface area contributed by atoms with Crippen LogP contribution >= 0.6 is 0 Å². The number of anilines is 1. The van der Waals surface area contributed by atoms with Gasteiger partial charge in [0.05, 0.1) is 14.2 Å². The summed E-state index contributed by atoms with van der Waals surface area (Å²) in [5.74, 6) is 1.86. The van der Waals surface area contributed by atoms with Gasteiger partial charge in [-0.2, -0.15) is 0 Å². The molecule has 1 aromatic heterocycles. The standard InChI is InChI=1S/C16H21N3O3/c1-11-5-6-14(21-4)13(7-11)9-19(3)10-16(20)17-15-8-12(2)22-18-15/h5-8H,9-10H2,1-4H3,(H,17,18,20)/p+1. The Balaban J connectivity index is 1.93. The number of ether oxygens (including phenoxy) is 1. The first-order chi connectivity index (χ1) is 10.5. The van der Waals surface area contributed by atoms with E-state index in [4.69, 9.17) is 9.26 Å². The van der Waals surface area contributed by atoms with Gasteiger partial charge in [-0.25, -0.2) is 0 Å². The van der Waals surface area contributed by atoms with Crippen molar-refractivity contribution in [1.82, 2.24) is 5.16 Å². The molecule has 2 N–H and O–H groups in total. The molecule has 0 spiro atoms. The minimum Gasteiger partial charge on any atom is -0.496 e. The zero-order valence-electron chi connectivity index (χ0n) is 13.4. The zero-order chi connectivity index (χ0) is 16.1. The van der Waals surface area contributed by atoms with Crippen molar-refractivity contribution in [1.29, 1.82) is 0 Å². The molecule has 0 fully saturated rings. The van der Waals surface area contributed by atoms with Crippen molar-refractivity contribution in [2.24, 2.45) is 0 Å². The smallest absolute Gasteiger partial charge is 0.280 e. The number of nitrogens with zero attached hydrogens (tertiary/aromatic N) is 1. The van der Waals surface area contributed by atoms with Gasteiger partial charge in [-0.15, -0.1) is 0 Å². The summed E-state index contributed by atoms with van der Waals surface area (Å²) in [5.41, 5.74) is 2.26. The lowest BCUT2D eigenvalue weighted by molar-refractivity contribution is -0.885. The number of rotatable bonds is 6. The van der Waals surface area contributed by atoms with Crippen molar-refractivity contribution in [3.8, 4) is 5.75 Å². The van der Waals surface area contributed by atoms with E-state index in [1.165, 1.54) is 5.56 Å². The van der Waals surface area contributed by atoms with E-state index >= 15 is 0 Å². The molecule has 22 heavy (non-hydrogen) atoms. The first-order valence-corrected chi connectivity index (χ1v) is 7.16. The quantitative estimate of drug-likeness (QED) is 0.834. The lowest BCUT2D eigenvalue weighted by atomic mass is 10.1. The van der Waals surface area contributed by atoms with E-state index in [9.17, 15) is 4.79 Å². The first-order valence-electron chi connectivity index (χ1n) is 7.16. The summed E-state index contributed by atoms with van der Waals surface area (Å²) < 4.78 is 10.3. The van der Waals surface area contributed by atoms with E-state index in [1.807, 2.05) is 26.1 Å². The second-order valence-corrected chi connectivity index (χ2v) is 5.50. The fourth-order valence-electron chi connectivity index (χ4n) is 2.32. The number of methoxy groups -OCH3 is 1. The molecule has 0 aliphatic rings. The average Bonchev–Trinajstić information content (AvgIpc) is 2.83. The van der Waals surface area contributed by atoms with Crippen LogP contribution in [0.4, 0.5) is 5.82 Å². The van der Waals surface area contributed by atoms with E-state index < -0.39 is 0 Å². The fourth-order valence-corrected chi connectivity index (χ4v) is 2.32. The highest BCUT2D eigenvalue weighted by molar-refractivity contribution is 5.90. The Labute approximate surface area is 130 Å². The molecule has 1 heterocycles. The van der Waals surface area contributed by atoms with Gasteiger partial charge >= 0.3 is 0 Å². The van der Waals surface area contributed by atoms with E-state index in [1.54, 1.807) is 20.1 Å². The van der Waals surface area contributed by atoms with Crippen LogP contribution in [0.25, 0.3) is 0 Å². The number of quaternary nitrogens is 1. The molecule has 2 rings (SSSR count). The Morgan fingerprint density at radius 1 is 1.36 bits per heavy atom. The van der Waals surface area contributed by atoms with Crippen molar-refractivity contribution in [2.75, 3.05) is 26.0 Å². The Morgan fingerprint density at radius 2 is 2.14 bits per heavy atom. The molecule has 0 aliphatic heterocycles. The van der Waals surface area contributed by atoms with E-state index in [0.717, 1.165) is 16.2 Å². The molecule has 0 bridgehead atoms. The van der Waals surface area contributed by atoms with Gasteiger partial charge in [0.15, 0.2) is 12.4 Å². The van der Waals surface area contributed by atoms with Gasteiger partial charge in [0, 0.05) is 11.6 Å². The minimum absolute atomic E-state index is 0.0996. The fraction of sp³-hybridized carbons (Fsp3) is 0.375.